The van der Waals surface area contributed by atoms with Gasteiger partial charge in [0.15, 0.2) is 5.96 Å². The highest BCUT2D eigenvalue weighted by molar-refractivity contribution is 7.91. The van der Waals surface area contributed by atoms with E-state index in [9.17, 15) is 8.42 Å². The molecule has 1 aromatic carbocycles. The Morgan fingerprint density at radius 3 is 2.52 bits per heavy atom. The summed E-state index contributed by atoms with van der Waals surface area (Å²) >= 11 is 1.28. The van der Waals surface area contributed by atoms with Gasteiger partial charge in [0, 0.05) is 52.0 Å². The number of ether oxygens (including phenoxy) is 1. The number of guanidine groups is 1. The van der Waals surface area contributed by atoms with E-state index in [0.29, 0.717) is 10.8 Å². The van der Waals surface area contributed by atoms with Crippen LogP contribution in [0.15, 0.2) is 51.7 Å². The fourth-order valence-corrected chi connectivity index (χ4v) is 5.61. The van der Waals surface area contributed by atoms with Crippen LogP contribution in [0.3, 0.4) is 0 Å². The summed E-state index contributed by atoms with van der Waals surface area (Å²) in [7, 11) is 1.47. The van der Waals surface area contributed by atoms with Crippen molar-refractivity contribution in [3.63, 3.8) is 0 Å². The average Bonchev–Trinajstić information content (AvgIpc) is 3.20. The number of para-hydroxylation sites is 1. The standard InChI is InChI=1S/C20H28N4O3S2/c1-21-20(22-15-18-9-10-19(28-18)29(25,26)23(2)3)24-13-11-17(12-14-24)27-16-7-5-4-6-8-16/h4-10,17H,11-15H2,1-3H3,(H,21,22). The Kier molecular flexibility index (Phi) is 7.15. The van der Waals surface area contributed by atoms with Crippen molar-refractivity contribution in [3.05, 3.63) is 47.3 Å². The van der Waals surface area contributed by atoms with Gasteiger partial charge in [0.2, 0.25) is 0 Å². The topological polar surface area (TPSA) is 74.2 Å². The molecule has 7 nitrogen and oxygen atoms in total. The average molecular weight is 437 g/mol. The number of rotatable bonds is 6. The zero-order valence-corrected chi connectivity index (χ0v) is 18.7. The largest absolute Gasteiger partial charge is 0.490 e. The van der Waals surface area contributed by atoms with E-state index >= 15 is 0 Å². The number of aliphatic imine (C=N–C) groups is 1. The van der Waals surface area contributed by atoms with Gasteiger partial charge < -0.3 is 15.0 Å². The van der Waals surface area contributed by atoms with E-state index in [1.54, 1.807) is 27.2 Å². The van der Waals surface area contributed by atoms with Crippen molar-refractivity contribution in [3.8, 4) is 5.75 Å². The molecule has 1 aliphatic heterocycles. The van der Waals surface area contributed by atoms with Crippen LogP contribution in [-0.4, -0.2) is 63.9 Å². The van der Waals surface area contributed by atoms with Crippen molar-refractivity contribution in [1.29, 1.82) is 0 Å². The first-order chi connectivity index (χ1) is 13.9. The molecule has 29 heavy (non-hydrogen) atoms. The zero-order chi connectivity index (χ0) is 20.9. The molecule has 3 rings (SSSR count). The van der Waals surface area contributed by atoms with Gasteiger partial charge in [0.1, 0.15) is 16.1 Å². The number of sulfonamides is 1. The molecule has 1 aliphatic rings. The van der Waals surface area contributed by atoms with Crippen LogP contribution in [0.4, 0.5) is 0 Å². The van der Waals surface area contributed by atoms with E-state index in [-0.39, 0.29) is 6.10 Å². The molecule has 1 aromatic heterocycles. The van der Waals surface area contributed by atoms with Crippen molar-refractivity contribution < 1.29 is 13.2 Å². The maximum atomic E-state index is 12.2. The molecular weight excluding hydrogens is 408 g/mol. The summed E-state index contributed by atoms with van der Waals surface area (Å²) in [6.45, 7) is 2.27. The molecule has 0 radical (unpaired) electrons. The predicted molar refractivity (Wildman–Crippen MR) is 117 cm³/mol. The maximum absolute atomic E-state index is 12.2. The monoisotopic (exact) mass is 436 g/mol. The fraction of sp³-hybridized carbons (Fsp3) is 0.450. The van der Waals surface area contributed by atoms with Crippen molar-refractivity contribution in [1.82, 2.24) is 14.5 Å². The third-order valence-corrected chi connectivity index (χ3v) is 8.16. The third-order valence-electron chi connectivity index (χ3n) is 4.79. The molecule has 0 spiro atoms. The predicted octanol–water partition coefficient (Wildman–Crippen LogP) is 2.62. The van der Waals surface area contributed by atoms with Gasteiger partial charge in [-0.05, 0) is 24.3 Å². The van der Waals surface area contributed by atoms with Crippen molar-refractivity contribution in [2.45, 2.75) is 29.7 Å². The maximum Gasteiger partial charge on any atom is 0.252 e. The minimum atomic E-state index is -3.38. The van der Waals surface area contributed by atoms with Crippen molar-refractivity contribution >= 4 is 27.3 Å². The first-order valence-corrected chi connectivity index (χ1v) is 11.8. The van der Waals surface area contributed by atoms with Gasteiger partial charge in [-0.3, -0.25) is 4.99 Å². The highest BCUT2D eigenvalue weighted by atomic mass is 32.2. The molecule has 1 N–H and O–H groups in total. The molecule has 0 saturated carbocycles. The smallest absolute Gasteiger partial charge is 0.252 e. The highest BCUT2D eigenvalue weighted by Gasteiger charge is 2.23. The summed E-state index contributed by atoms with van der Waals surface area (Å²) < 4.78 is 32.1. The molecule has 158 valence electrons. The Hall–Kier alpha value is -2.10. The van der Waals surface area contributed by atoms with Crippen LogP contribution < -0.4 is 10.1 Å². The minimum Gasteiger partial charge on any atom is -0.490 e. The second kappa shape index (κ2) is 9.60. The number of hydrogen-bond acceptors (Lipinski definition) is 5. The number of nitrogens with one attached hydrogen (secondary N) is 1. The molecule has 0 amide bonds. The first-order valence-electron chi connectivity index (χ1n) is 9.58. The lowest BCUT2D eigenvalue weighted by Gasteiger charge is -2.34. The van der Waals surface area contributed by atoms with Crippen LogP contribution in [0.1, 0.15) is 17.7 Å². The van der Waals surface area contributed by atoms with Crippen LogP contribution in [0.5, 0.6) is 5.75 Å². The Labute approximate surface area is 177 Å². The van der Waals surface area contributed by atoms with Gasteiger partial charge in [-0.15, -0.1) is 11.3 Å². The lowest BCUT2D eigenvalue weighted by Crippen LogP contribution is -2.47. The van der Waals surface area contributed by atoms with Gasteiger partial charge >= 0.3 is 0 Å². The summed E-state index contributed by atoms with van der Waals surface area (Å²) in [5, 5.41) is 3.35. The highest BCUT2D eigenvalue weighted by Crippen LogP contribution is 2.24. The third kappa shape index (κ3) is 5.49. The Morgan fingerprint density at radius 2 is 1.90 bits per heavy atom. The number of nitrogens with zero attached hydrogens (tertiary/aromatic N) is 3. The van der Waals surface area contributed by atoms with Crippen molar-refractivity contribution in [2.75, 3.05) is 34.2 Å². The second-order valence-electron chi connectivity index (χ2n) is 7.03. The first kappa shape index (κ1) is 21.6. The number of benzene rings is 1. The number of hydrogen-bond donors (Lipinski definition) is 1. The molecule has 2 aromatic rings. The quantitative estimate of drug-likeness (QED) is 0.557. The number of piperidine rings is 1. The number of likely N-dealkylation sites (tertiary alicyclic amines) is 1. The van der Waals surface area contributed by atoms with E-state index in [4.69, 9.17) is 4.74 Å². The minimum absolute atomic E-state index is 0.211. The second-order valence-corrected chi connectivity index (χ2v) is 10.6. The van der Waals surface area contributed by atoms with Gasteiger partial charge in [-0.2, -0.15) is 0 Å². The van der Waals surface area contributed by atoms with Gasteiger partial charge in [0.25, 0.3) is 10.0 Å². The zero-order valence-electron chi connectivity index (χ0n) is 17.0. The molecule has 2 heterocycles. The molecule has 0 bridgehead atoms. The van der Waals surface area contributed by atoms with Gasteiger partial charge in [-0.25, -0.2) is 12.7 Å². The molecule has 0 unspecified atom stereocenters. The molecule has 9 heteroatoms. The van der Waals surface area contributed by atoms with Gasteiger partial charge in [0.05, 0.1) is 6.54 Å². The van der Waals surface area contributed by atoms with Crippen LogP contribution in [0.2, 0.25) is 0 Å². The molecule has 1 saturated heterocycles. The van der Waals surface area contributed by atoms with Crippen molar-refractivity contribution in [2.24, 2.45) is 4.99 Å². The normalized spacial score (nSPS) is 16.3. The number of thiophene rings is 1. The summed E-state index contributed by atoms with van der Waals surface area (Å²) in [6.07, 6.45) is 2.07. The van der Waals surface area contributed by atoms with E-state index in [1.165, 1.54) is 15.6 Å². The molecular formula is C20H28N4O3S2. The molecule has 0 aliphatic carbocycles. The molecule has 0 atom stereocenters. The summed E-state index contributed by atoms with van der Waals surface area (Å²) in [6, 6.07) is 13.4. The van der Waals surface area contributed by atoms with E-state index in [0.717, 1.165) is 42.5 Å². The molecule has 1 fully saturated rings. The van der Waals surface area contributed by atoms with Crippen LogP contribution in [0, 0.1) is 0 Å². The summed E-state index contributed by atoms with van der Waals surface area (Å²) in [5.41, 5.74) is 0. The van der Waals surface area contributed by atoms with Crippen LogP contribution >= 0.6 is 11.3 Å². The Balaban J connectivity index is 1.51. The van der Waals surface area contributed by atoms with Crippen LogP contribution in [0.25, 0.3) is 0 Å². The summed E-state index contributed by atoms with van der Waals surface area (Å²) in [4.78, 5) is 7.56. The Morgan fingerprint density at radius 1 is 1.21 bits per heavy atom. The van der Waals surface area contributed by atoms with Gasteiger partial charge in [-0.1, -0.05) is 18.2 Å². The fourth-order valence-electron chi connectivity index (χ4n) is 3.15. The van der Waals surface area contributed by atoms with E-state index in [1.807, 2.05) is 36.4 Å². The lowest BCUT2D eigenvalue weighted by molar-refractivity contribution is 0.129. The van der Waals surface area contributed by atoms with E-state index in [2.05, 4.69) is 15.2 Å². The Bertz CT molecular complexity index is 918. The lowest BCUT2D eigenvalue weighted by atomic mass is 10.1. The van der Waals surface area contributed by atoms with E-state index < -0.39 is 10.0 Å². The van der Waals surface area contributed by atoms with Crippen LogP contribution in [-0.2, 0) is 16.6 Å². The summed E-state index contributed by atoms with van der Waals surface area (Å²) in [5.74, 6) is 1.74. The SMILES string of the molecule is CN=C(NCc1ccc(S(=O)(=O)N(C)C)s1)N1CCC(Oc2ccccc2)CC1.